The first-order chi connectivity index (χ1) is 5.07. The molecule has 0 rings (SSSR count). The molecule has 0 aliphatic heterocycles. The summed E-state index contributed by atoms with van der Waals surface area (Å²) in [5.41, 5.74) is 0. The van der Waals surface area contributed by atoms with Gasteiger partial charge in [-0.2, -0.15) is 12.6 Å². The van der Waals surface area contributed by atoms with Gasteiger partial charge in [0.05, 0.1) is 18.0 Å². The molecule has 1 amide bonds. The standard InChI is InChI=1S/C6H13NO3S/c1-4(11)6(10)7-2-5(9)3-8/h4-5,8-9,11H,2-3H2,1H3,(H,7,10). The maximum absolute atomic E-state index is 10.8. The zero-order valence-corrected chi connectivity index (χ0v) is 7.21. The molecule has 0 radical (unpaired) electrons. The molecule has 0 spiro atoms. The second-order valence-electron chi connectivity index (χ2n) is 2.26. The lowest BCUT2D eigenvalue weighted by Crippen LogP contribution is -2.37. The van der Waals surface area contributed by atoms with Gasteiger partial charge in [0.2, 0.25) is 5.91 Å². The van der Waals surface area contributed by atoms with Crippen LogP contribution in [0.1, 0.15) is 6.92 Å². The summed E-state index contributed by atoms with van der Waals surface area (Å²) in [6, 6.07) is 0. The topological polar surface area (TPSA) is 69.6 Å². The Hall–Kier alpha value is -0.260. The van der Waals surface area contributed by atoms with Gasteiger partial charge in [0, 0.05) is 6.54 Å². The predicted octanol–water partition coefficient (Wildman–Crippen LogP) is -1.23. The maximum atomic E-state index is 10.8. The van der Waals surface area contributed by atoms with Crippen LogP contribution in [0.3, 0.4) is 0 Å². The van der Waals surface area contributed by atoms with Crippen LogP contribution in [-0.4, -0.2) is 40.6 Å². The molecule has 4 nitrogen and oxygen atoms in total. The molecule has 5 heteroatoms. The summed E-state index contributed by atoms with van der Waals surface area (Å²) in [7, 11) is 0. The minimum Gasteiger partial charge on any atom is -0.394 e. The van der Waals surface area contributed by atoms with Crippen LogP contribution in [0, 0.1) is 0 Å². The van der Waals surface area contributed by atoms with Gasteiger partial charge >= 0.3 is 0 Å². The molecule has 0 saturated carbocycles. The molecule has 0 aromatic carbocycles. The number of thiol groups is 1. The van der Waals surface area contributed by atoms with Crippen LogP contribution < -0.4 is 5.32 Å². The van der Waals surface area contributed by atoms with Gasteiger partial charge in [-0.1, -0.05) is 0 Å². The summed E-state index contributed by atoms with van der Waals surface area (Å²) in [6.07, 6.45) is -0.883. The lowest BCUT2D eigenvalue weighted by molar-refractivity contribution is -0.120. The largest absolute Gasteiger partial charge is 0.394 e. The summed E-state index contributed by atoms with van der Waals surface area (Å²) in [6.45, 7) is 1.35. The van der Waals surface area contributed by atoms with Crippen molar-refractivity contribution in [1.82, 2.24) is 5.32 Å². The molecule has 0 bridgehead atoms. The summed E-state index contributed by atoms with van der Waals surface area (Å²) >= 11 is 3.87. The van der Waals surface area contributed by atoms with Crippen molar-refractivity contribution in [3.63, 3.8) is 0 Å². The number of hydrogen-bond donors (Lipinski definition) is 4. The van der Waals surface area contributed by atoms with Crippen LogP contribution in [0.15, 0.2) is 0 Å². The SMILES string of the molecule is CC(S)C(=O)NCC(O)CO. The Morgan fingerprint density at radius 3 is 2.64 bits per heavy atom. The molecule has 2 unspecified atom stereocenters. The van der Waals surface area contributed by atoms with E-state index in [-0.39, 0.29) is 24.3 Å². The number of hydrogen-bond acceptors (Lipinski definition) is 4. The Morgan fingerprint density at radius 1 is 1.73 bits per heavy atom. The number of rotatable bonds is 4. The van der Waals surface area contributed by atoms with Crippen molar-refractivity contribution in [2.45, 2.75) is 18.3 Å². The van der Waals surface area contributed by atoms with E-state index in [2.05, 4.69) is 17.9 Å². The second kappa shape index (κ2) is 5.40. The van der Waals surface area contributed by atoms with Crippen LogP contribution in [0.25, 0.3) is 0 Å². The third-order valence-electron chi connectivity index (χ3n) is 1.10. The first kappa shape index (κ1) is 10.7. The van der Waals surface area contributed by atoms with Crippen molar-refractivity contribution in [2.75, 3.05) is 13.2 Å². The Balaban J connectivity index is 3.46. The molecule has 0 aromatic rings. The van der Waals surface area contributed by atoms with Crippen LogP contribution in [-0.2, 0) is 4.79 Å². The van der Waals surface area contributed by atoms with Gasteiger partial charge in [-0.3, -0.25) is 4.79 Å². The number of aliphatic hydroxyl groups excluding tert-OH is 2. The Labute approximate surface area is 71.0 Å². The van der Waals surface area contributed by atoms with Gasteiger partial charge < -0.3 is 15.5 Å². The van der Waals surface area contributed by atoms with E-state index in [1.54, 1.807) is 6.92 Å². The highest BCUT2D eigenvalue weighted by molar-refractivity contribution is 7.81. The van der Waals surface area contributed by atoms with Crippen molar-refractivity contribution in [2.24, 2.45) is 0 Å². The number of carbonyl (C=O) groups excluding carboxylic acids is 1. The first-order valence-electron chi connectivity index (χ1n) is 3.32. The third kappa shape index (κ3) is 5.06. The lowest BCUT2D eigenvalue weighted by Gasteiger charge is -2.09. The zero-order chi connectivity index (χ0) is 8.85. The molecular formula is C6H13NO3S. The Bertz CT molecular complexity index is 129. The highest BCUT2D eigenvalue weighted by Crippen LogP contribution is 1.90. The van der Waals surface area contributed by atoms with Crippen LogP contribution in [0.4, 0.5) is 0 Å². The number of carbonyl (C=O) groups is 1. The van der Waals surface area contributed by atoms with Crippen molar-refractivity contribution in [3.8, 4) is 0 Å². The molecule has 0 aromatic heterocycles. The monoisotopic (exact) mass is 179 g/mol. The van der Waals surface area contributed by atoms with Crippen molar-refractivity contribution in [1.29, 1.82) is 0 Å². The van der Waals surface area contributed by atoms with E-state index in [0.29, 0.717) is 0 Å². The number of amides is 1. The number of nitrogens with one attached hydrogen (secondary N) is 1. The Kier molecular flexibility index (Phi) is 5.27. The maximum Gasteiger partial charge on any atom is 0.232 e. The van der Waals surface area contributed by atoms with Gasteiger partial charge in [0.1, 0.15) is 0 Å². The molecule has 0 heterocycles. The summed E-state index contributed by atoms with van der Waals surface area (Å²) in [5, 5.41) is 19.2. The van der Waals surface area contributed by atoms with E-state index in [1.165, 1.54) is 0 Å². The fraction of sp³-hybridized carbons (Fsp3) is 0.833. The molecule has 66 valence electrons. The summed E-state index contributed by atoms with van der Waals surface area (Å²) in [4.78, 5) is 10.8. The van der Waals surface area contributed by atoms with E-state index in [0.717, 1.165) is 0 Å². The minimum absolute atomic E-state index is 0.0697. The van der Waals surface area contributed by atoms with Crippen molar-refractivity contribution in [3.05, 3.63) is 0 Å². The van der Waals surface area contributed by atoms with Crippen molar-refractivity contribution < 1.29 is 15.0 Å². The molecule has 0 saturated heterocycles. The fourth-order valence-corrected chi connectivity index (χ4v) is 0.522. The molecule has 0 fully saturated rings. The summed E-state index contributed by atoms with van der Waals surface area (Å²) < 4.78 is 0. The molecule has 0 aliphatic carbocycles. The fourth-order valence-electron chi connectivity index (χ4n) is 0.431. The lowest BCUT2D eigenvalue weighted by atomic mass is 10.3. The quantitative estimate of drug-likeness (QED) is 0.409. The van der Waals surface area contributed by atoms with Gasteiger partial charge in [-0.05, 0) is 6.92 Å². The van der Waals surface area contributed by atoms with Crippen LogP contribution in [0.5, 0.6) is 0 Å². The van der Waals surface area contributed by atoms with Gasteiger partial charge in [-0.15, -0.1) is 0 Å². The smallest absolute Gasteiger partial charge is 0.232 e. The van der Waals surface area contributed by atoms with E-state index in [9.17, 15) is 4.79 Å². The van der Waals surface area contributed by atoms with E-state index in [4.69, 9.17) is 10.2 Å². The number of aliphatic hydroxyl groups is 2. The predicted molar refractivity (Wildman–Crippen MR) is 44.6 cm³/mol. The van der Waals surface area contributed by atoms with Crippen LogP contribution in [0.2, 0.25) is 0 Å². The van der Waals surface area contributed by atoms with Gasteiger partial charge in [0.25, 0.3) is 0 Å². The Morgan fingerprint density at radius 2 is 2.27 bits per heavy atom. The molecule has 11 heavy (non-hydrogen) atoms. The first-order valence-corrected chi connectivity index (χ1v) is 3.84. The van der Waals surface area contributed by atoms with E-state index in [1.807, 2.05) is 0 Å². The second-order valence-corrected chi connectivity index (χ2v) is 3.03. The zero-order valence-electron chi connectivity index (χ0n) is 6.32. The highest BCUT2D eigenvalue weighted by atomic mass is 32.1. The van der Waals surface area contributed by atoms with Crippen LogP contribution >= 0.6 is 12.6 Å². The van der Waals surface area contributed by atoms with E-state index >= 15 is 0 Å². The molecule has 2 atom stereocenters. The summed E-state index contributed by atoms with van der Waals surface area (Å²) in [5.74, 6) is -0.249. The molecule has 0 aliphatic rings. The average Bonchev–Trinajstić information content (AvgIpc) is 1.99. The van der Waals surface area contributed by atoms with E-state index < -0.39 is 6.10 Å². The normalized spacial score (nSPS) is 15.6. The highest BCUT2D eigenvalue weighted by Gasteiger charge is 2.08. The molecule has 3 N–H and O–H groups in total. The van der Waals surface area contributed by atoms with Crippen molar-refractivity contribution >= 4 is 18.5 Å². The van der Waals surface area contributed by atoms with Gasteiger partial charge in [0.15, 0.2) is 0 Å². The molecular weight excluding hydrogens is 166 g/mol. The average molecular weight is 179 g/mol. The minimum atomic E-state index is -0.883. The third-order valence-corrected chi connectivity index (χ3v) is 1.34. The van der Waals surface area contributed by atoms with Gasteiger partial charge in [-0.25, -0.2) is 0 Å².